The molecule has 9 nitrogen and oxygen atoms in total. The van der Waals surface area contributed by atoms with Crippen molar-refractivity contribution >= 4 is 29.1 Å². The Bertz CT molecular complexity index is 1240. The summed E-state index contributed by atoms with van der Waals surface area (Å²) < 4.78 is 44.0. The van der Waals surface area contributed by atoms with Gasteiger partial charge < -0.3 is 20.3 Å². The molecule has 0 bridgehead atoms. The molecule has 2 aliphatic heterocycles. The van der Waals surface area contributed by atoms with Gasteiger partial charge in [0.05, 0.1) is 36.5 Å². The van der Waals surface area contributed by atoms with Gasteiger partial charge in [0.2, 0.25) is 5.91 Å². The van der Waals surface area contributed by atoms with Crippen molar-refractivity contribution in [3.63, 3.8) is 0 Å². The number of rotatable bonds is 7. The standard InChI is InChI=1S/C28H34F3N5O4S/c29-28(30,31)20-3-1-2-19(14-20)25(38)32-16-24(37)34-21-8-9-36(17-21)22-6-4-18(5-7-22)26-33-15-23(41-26)27(39)35-10-12-40-13-11-35/h1-3,14-15,18,21-22H,4-13,16-17H2,(H,32,38)(H,34,37)/t18?,21-,22?/m1/s1. The van der Waals surface area contributed by atoms with E-state index < -0.39 is 17.6 Å². The molecule has 3 heterocycles. The summed E-state index contributed by atoms with van der Waals surface area (Å²) in [4.78, 5) is 47.0. The lowest BCUT2D eigenvalue weighted by molar-refractivity contribution is -0.137. The molecule has 0 spiro atoms. The van der Waals surface area contributed by atoms with Crippen LogP contribution < -0.4 is 10.6 Å². The quantitative estimate of drug-likeness (QED) is 0.511. The van der Waals surface area contributed by atoms with Crippen molar-refractivity contribution in [1.82, 2.24) is 25.4 Å². The highest BCUT2D eigenvalue weighted by molar-refractivity contribution is 7.13. The van der Waals surface area contributed by atoms with Gasteiger partial charge in [0.1, 0.15) is 4.88 Å². The number of morpholine rings is 1. The van der Waals surface area contributed by atoms with E-state index in [-0.39, 0.29) is 30.0 Å². The first kappa shape index (κ1) is 29.5. The number of ether oxygens (including phenoxy) is 1. The Balaban J connectivity index is 1.03. The van der Waals surface area contributed by atoms with Gasteiger partial charge in [-0.15, -0.1) is 11.3 Å². The van der Waals surface area contributed by atoms with Crippen LogP contribution in [0.1, 0.15) is 68.6 Å². The first-order valence-electron chi connectivity index (χ1n) is 14.0. The number of carbonyl (C=O) groups excluding carboxylic acids is 3. The van der Waals surface area contributed by atoms with Gasteiger partial charge in [0, 0.05) is 49.7 Å². The normalized spacial score (nSPS) is 23.8. The number of halogens is 3. The predicted molar refractivity (Wildman–Crippen MR) is 146 cm³/mol. The fourth-order valence-electron chi connectivity index (χ4n) is 5.80. The topological polar surface area (TPSA) is 104 Å². The molecule has 1 aliphatic carbocycles. The molecule has 3 fully saturated rings. The van der Waals surface area contributed by atoms with Crippen LogP contribution in [0.15, 0.2) is 30.5 Å². The van der Waals surface area contributed by atoms with E-state index in [1.807, 2.05) is 4.90 Å². The van der Waals surface area contributed by atoms with Gasteiger partial charge in [-0.3, -0.25) is 19.3 Å². The van der Waals surface area contributed by atoms with Crippen molar-refractivity contribution < 1.29 is 32.3 Å². The number of alkyl halides is 3. The first-order chi connectivity index (χ1) is 19.7. The Kier molecular flexibility index (Phi) is 9.25. The summed E-state index contributed by atoms with van der Waals surface area (Å²) >= 11 is 1.50. The second-order valence-electron chi connectivity index (χ2n) is 10.8. The Morgan fingerprint density at radius 1 is 1.05 bits per heavy atom. The number of aromatic nitrogens is 1. The van der Waals surface area contributed by atoms with Gasteiger partial charge in [-0.2, -0.15) is 13.2 Å². The molecule has 2 saturated heterocycles. The Morgan fingerprint density at radius 3 is 2.54 bits per heavy atom. The Hall–Kier alpha value is -3.03. The SMILES string of the molecule is O=C(CNC(=O)c1cccc(C(F)(F)F)c1)N[C@@H]1CCN(C2CCC(c3ncc(C(=O)N4CCOCC4)s3)CC2)C1. The van der Waals surface area contributed by atoms with Gasteiger partial charge in [-0.05, 0) is 50.3 Å². The molecule has 1 aromatic heterocycles. The fraction of sp³-hybridized carbons (Fsp3) is 0.571. The van der Waals surface area contributed by atoms with E-state index in [0.717, 1.165) is 62.3 Å². The highest BCUT2D eigenvalue weighted by atomic mass is 32.1. The van der Waals surface area contributed by atoms with E-state index in [9.17, 15) is 27.6 Å². The first-order valence-corrected chi connectivity index (χ1v) is 14.8. The number of hydrogen-bond donors (Lipinski definition) is 2. The monoisotopic (exact) mass is 593 g/mol. The van der Waals surface area contributed by atoms with Gasteiger partial charge >= 0.3 is 6.18 Å². The molecule has 1 atom stereocenters. The van der Waals surface area contributed by atoms with Crippen molar-refractivity contribution in [2.45, 2.75) is 56.3 Å². The average Bonchev–Trinajstić information content (AvgIpc) is 3.66. The van der Waals surface area contributed by atoms with Crippen molar-refractivity contribution in [3.05, 3.63) is 51.5 Å². The summed E-state index contributed by atoms with van der Waals surface area (Å²) in [6, 6.07) is 4.49. The van der Waals surface area contributed by atoms with E-state index in [1.54, 1.807) is 6.20 Å². The summed E-state index contributed by atoms with van der Waals surface area (Å²) in [6.45, 7) is 3.65. The van der Waals surface area contributed by atoms with Crippen molar-refractivity contribution in [2.75, 3.05) is 45.9 Å². The number of thiazole rings is 1. The van der Waals surface area contributed by atoms with Gasteiger partial charge in [0.15, 0.2) is 0 Å². The average molecular weight is 594 g/mol. The number of amides is 3. The summed E-state index contributed by atoms with van der Waals surface area (Å²) in [5.41, 5.74) is -1.06. The third-order valence-corrected chi connectivity index (χ3v) is 9.19. The highest BCUT2D eigenvalue weighted by Crippen LogP contribution is 2.37. The number of hydrogen-bond acceptors (Lipinski definition) is 7. The fourth-order valence-corrected chi connectivity index (χ4v) is 6.86. The van der Waals surface area contributed by atoms with E-state index in [4.69, 9.17) is 4.74 Å². The lowest BCUT2D eigenvalue weighted by atomic mass is 9.86. The van der Waals surface area contributed by atoms with Crippen LogP contribution >= 0.6 is 11.3 Å². The van der Waals surface area contributed by atoms with E-state index >= 15 is 0 Å². The maximum Gasteiger partial charge on any atom is 0.416 e. The van der Waals surface area contributed by atoms with Crippen LogP contribution in [0.3, 0.4) is 0 Å². The lowest BCUT2D eigenvalue weighted by Gasteiger charge is -2.34. The van der Waals surface area contributed by atoms with Crippen LogP contribution in [-0.2, 0) is 15.7 Å². The van der Waals surface area contributed by atoms with Crippen LogP contribution in [0.2, 0.25) is 0 Å². The minimum Gasteiger partial charge on any atom is -0.378 e. The zero-order valence-corrected chi connectivity index (χ0v) is 23.4. The number of nitrogens with zero attached hydrogens (tertiary/aromatic N) is 3. The number of carbonyl (C=O) groups is 3. The third-order valence-electron chi connectivity index (χ3n) is 8.04. The molecule has 5 rings (SSSR count). The maximum absolute atomic E-state index is 12.9. The van der Waals surface area contributed by atoms with Gasteiger partial charge in [-0.25, -0.2) is 4.98 Å². The Labute approximate surface area is 240 Å². The summed E-state index contributed by atoms with van der Waals surface area (Å²) in [6.07, 6.45) is 1.99. The van der Waals surface area contributed by atoms with Crippen LogP contribution in [0, 0.1) is 0 Å². The number of nitrogens with one attached hydrogen (secondary N) is 2. The predicted octanol–water partition coefficient (Wildman–Crippen LogP) is 3.28. The molecule has 13 heteroatoms. The molecule has 3 aliphatic rings. The zero-order valence-electron chi connectivity index (χ0n) is 22.6. The largest absolute Gasteiger partial charge is 0.416 e. The Morgan fingerprint density at radius 2 is 1.80 bits per heavy atom. The second-order valence-corrected chi connectivity index (χ2v) is 11.8. The highest BCUT2D eigenvalue weighted by Gasteiger charge is 2.34. The maximum atomic E-state index is 12.9. The van der Waals surface area contributed by atoms with Gasteiger partial charge in [0.25, 0.3) is 11.8 Å². The molecule has 3 amide bonds. The van der Waals surface area contributed by atoms with Gasteiger partial charge in [-0.1, -0.05) is 6.07 Å². The molecule has 2 aromatic rings. The van der Waals surface area contributed by atoms with E-state index in [0.29, 0.717) is 43.1 Å². The number of likely N-dealkylation sites (tertiary alicyclic amines) is 1. The van der Waals surface area contributed by atoms with Crippen LogP contribution in [0.5, 0.6) is 0 Å². The van der Waals surface area contributed by atoms with Crippen molar-refractivity contribution in [2.24, 2.45) is 0 Å². The van der Waals surface area contributed by atoms with Crippen LogP contribution in [0.25, 0.3) is 0 Å². The molecular weight excluding hydrogens is 559 g/mol. The molecule has 41 heavy (non-hydrogen) atoms. The molecule has 0 radical (unpaired) electrons. The van der Waals surface area contributed by atoms with E-state index in [1.165, 1.54) is 23.5 Å². The van der Waals surface area contributed by atoms with Crippen molar-refractivity contribution in [3.8, 4) is 0 Å². The molecule has 0 unspecified atom stereocenters. The summed E-state index contributed by atoms with van der Waals surface area (Å²) in [7, 11) is 0. The summed E-state index contributed by atoms with van der Waals surface area (Å²) in [5.74, 6) is -0.715. The molecule has 2 N–H and O–H groups in total. The minimum atomic E-state index is -4.55. The van der Waals surface area contributed by atoms with Crippen LogP contribution in [-0.4, -0.2) is 90.5 Å². The molecular formula is C28H34F3N5O4S. The number of benzene rings is 1. The summed E-state index contributed by atoms with van der Waals surface area (Å²) in [5, 5.41) is 6.37. The molecule has 222 valence electrons. The minimum absolute atomic E-state index is 0.0334. The van der Waals surface area contributed by atoms with Crippen molar-refractivity contribution in [1.29, 1.82) is 0 Å². The third kappa shape index (κ3) is 7.44. The molecule has 1 saturated carbocycles. The zero-order chi connectivity index (χ0) is 29.0. The smallest absolute Gasteiger partial charge is 0.378 e. The lowest BCUT2D eigenvalue weighted by Crippen LogP contribution is -2.44. The molecule has 1 aromatic carbocycles. The van der Waals surface area contributed by atoms with Crippen LogP contribution in [0.4, 0.5) is 13.2 Å². The second kappa shape index (κ2) is 12.9. The van der Waals surface area contributed by atoms with E-state index in [2.05, 4.69) is 20.5 Å².